The van der Waals surface area contributed by atoms with E-state index in [2.05, 4.69) is 15.6 Å². The predicted molar refractivity (Wildman–Crippen MR) is 105 cm³/mol. The summed E-state index contributed by atoms with van der Waals surface area (Å²) < 4.78 is 5.31. The number of aromatic nitrogens is 1. The van der Waals surface area contributed by atoms with Crippen LogP contribution in [0.25, 0.3) is 0 Å². The Hall–Kier alpha value is -3.56. The highest BCUT2D eigenvalue weighted by Crippen LogP contribution is 2.30. The molecule has 0 aliphatic carbocycles. The van der Waals surface area contributed by atoms with Crippen LogP contribution in [0.15, 0.2) is 60.8 Å². The van der Waals surface area contributed by atoms with Crippen LogP contribution in [-0.2, 0) is 0 Å². The van der Waals surface area contributed by atoms with Gasteiger partial charge in [-0.3, -0.25) is 9.78 Å². The number of amides is 1. The highest BCUT2D eigenvalue weighted by molar-refractivity contribution is 6.31. The summed E-state index contributed by atoms with van der Waals surface area (Å²) in [6.45, 7) is 0. The lowest BCUT2D eigenvalue weighted by Crippen LogP contribution is -2.13. The number of halogens is 1. The van der Waals surface area contributed by atoms with Crippen LogP contribution in [0.4, 0.5) is 17.1 Å². The summed E-state index contributed by atoms with van der Waals surface area (Å²) in [4.78, 5) is 16.5. The first-order chi connectivity index (χ1) is 13.1. The van der Waals surface area contributed by atoms with Crippen molar-refractivity contribution in [1.82, 2.24) is 4.98 Å². The number of ether oxygens (including phenoxy) is 1. The minimum absolute atomic E-state index is 0.241. The molecule has 1 amide bonds. The zero-order chi connectivity index (χ0) is 19.2. The Morgan fingerprint density at radius 2 is 1.89 bits per heavy atom. The Bertz CT molecular complexity index is 1010. The van der Waals surface area contributed by atoms with Crippen molar-refractivity contribution < 1.29 is 9.53 Å². The molecule has 1 heterocycles. The molecule has 0 saturated carbocycles. The number of pyridine rings is 1. The predicted octanol–water partition coefficient (Wildman–Crippen LogP) is 4.61. The SMILES string of the molecule is COc1ccc(Cl)cc1Nc1ccnc(C(=O)Nc2ccc(C#N)cc2)c1. The first-order valence-electron chi connectivity index (χ1n) is 7.97. The van der Waals surface area contributed by atoms with Gasteiger partial charge < -0.3 is 15.4 Å². The van der Waals surface area contributed by atoms with Crippen molar-refractivity contribution in [3.63, 3.8) is 0 Å². The highest BCUT2D eigenvalue weighted by Gasteiger charge is 2.10. The van der Waals surface area contributed by atoms with E-state index in [4.69, 9.17) is 21.6 Å². The number of hydrogen-bond acceptors (Lipinski definition) is 5. The largest absolute Gasteiger partial charge is 0.495 e. The fourth-order valence-corrected chi connectivity index (χ4v) is 2.56. The maximum Gasteiger partial charge on any atom is 0.274 e. The second-order valence-corrected chi connectivity index (χ2v) is 5.98. The summed E-state index contributed by atoms with van der Waals surface area (Å²) in [5.41, 5.74) is 2.68. The number of methoxy groups -OCH3 is 1. The lowest BCUT2D eigenvalue weighted by Gasteiger charge is -2.12. The second kappa shape index (κ2) is 8.21. The van der Waals surface area contributed by atoms with Crippen LogP contribution < -0.4 is 15.4 Å². The number of carbonyl (C=O) groups excluding carboxylic acids is 1. The summed E-state index contributed by atoms with van der Waals surface area (Å²) in [7, 11) is 1.57. The first-order valence-corrected chi connectivity index (χ1v) is 8.35. The summed E-state index contributed by atoms with van der Waals surface area (Å²) in [6.07, 6.45) is 1.53. The average molecular weight is 379 g/mol. The third kappa shape index (κ3) is 4.54. The fourth-order valence-electron chi connectivity index (χ4n) is 2.39. The molecule has 0 spiro atoms. The molecule has 0 radical (unpaired) electrons. The zero-order valence-corrected chi connectivity index (χ0v) is 15.1. The van der Waals surface area contributed by atoms with Crippen LogP contribution in [0.5, 0.6) is 5.75 Å². The number of benzene rings is 2. The van der Waals surface area contributed by atoms with Crippen molar-refractivity contribution in [3.05, 3.63) is 77.1 Å². The van der Waals surface area contributed by atoms with Gasteiger partial charge in [0, 0.05) is 22.6 Å². The smallest absolute Gasteiger partial charge is 0.274 e. The normalized spacial score (nSPS) is 9.96. The summed E-state index contributed by atoms with van der Waals surface area (Å²) in [5, 5.41) is 15.3. The second-order valence-electron chi connectivity index (χ2n) is 5.54. The van der Waals surface area contributed by atoms with Crippen LogP contribution in [0.3, 0.4) is 0 Å². The Balaban J connectivity index is 1.77. The lowest BCUT2D eigenvalue weighted by atomic mass is 10.2. The van der Waals surface area contributed by atoms with E-state index in [-0.39, 0.29) is 11.6 Å². The zero-order valence-electron chi connectivity index (χ0n) is 14.4. The molecule has 6 nitrogen and oxygen atoms in total. The Kier molecular flexibility index (Phi) is 5.55. The maximum absolute atomic E-state index is 12.4. The van der Waals surface area contributed by atoms with Gasteiger partial charge >= 0.3 is 0 Å². The van der Waals surface area contributed by atoms with Crippen LogP contribution >= 0.6 is 11.6 Å². The molecule has 1 aromatic heterocycles. The van der Waals surface area contributed by atoms with E-state index >= 15 is 0 Å². The Labute approximate surface area is 161 Å². The average Bonchev–Trinajstić information content (AvgIpc) is 2.69. The van der Waals surface area contributed by atoms with Gasteiger partial charge in [-0.2, -0.15) is 5.26 Å². The molecular weight excluding hydrogens is 364 g/mol. The molecule has 7 heteroatoms. The highest BCUT2D eigenvalue weighted by atomic mass is 35.5. The van der Waals surface area contributed by atoms with E-state index in [1.165, 1.54) is 6.20 Å². The molecule has 0 aliphatic rings. The third-order valence-corrected chi connectivity index (χ3v) is 3.94. The molecule has 134 valence electrons. The van der Waals surface area contributed by atoms with Gasteiger partial charge in [0.15, 0.2) is 0 Å². The molecule has 0 unspecified atom stereocenters. The van der Waals surface area contributed by atoms with Crippen LogP contribution in [0, 0.1) is 11.3 Å². The van der Waals surface area contributed by atoms with Crippen molar-refractivity contribution in [2.45, 2.75) is 0 Å². The fraction of sp³-hybridized carbons (Fsp3) is 0.0500. The molecule has 3 rings (SSSR count). The van der Waals surface area contributed by atoms with Crippen molar-refractivity contribution in [3.8, 4) is 11.8 Å². The Morgan fingerprint density at radius 3 is 2.59 bits per heavy atom. The standard InChI is InChI=1S/C20H15ClN4O2/c1-27-19-7-4-14(21)10-17(19)24-16-8-9-23-18(11-16)20(26)25-15-5-2-13(12-22)3-6-15/h2-11H,1H3,(H,23,24)(H,25,26). The molecular formula is C20H15ClN4O2. The minimum Gasteiger partial charge on any atom is -0.495 e. The lowest BCUT2D eigenvalue weighted by molar-refractivity contribution is 0.102. The topological polar surface area (TPSA) is 87.0 Å². The number of anilines is 3. The van der Waals surface area contributed by atoms with Crippen molar-refractivity contribution in [2.24, 2.45) is 0 Å². The van der Waals surface area contributed by atoms with Gasteiger partial charge in [-0.15, -0.1) is 0 Å². The van der Waals surface area contributed by atoms with E-state index in [9.17, 15) is 4.79 Å². The van der Waals surface area contributed by atoms with Gasteiger partial charge in [0.1, 0.15) is 11.4 Å². The van der Waals surface area contributed by atoms with Crippen molar-refractivity contribution in [1.29, 1.82) is 5.26 Å². The molecule has 0 bridgehead atoms. The maximum atomic E-state index is 12.4. The van der Waals surface area contributed by atoms with Gasteiger partial charge in [0.05, 0.1) is 24.4 Å². The molecule has 27 heavy (non-hydrogen) atoms. The summed E-state index contributed by atoms with van der Waals surface area (Å²) >= 11 is 6.04. The van der Waals surface area contributed by atoms with E-state index in [0.717, 1.165) is 0 Å². The summed E-state index contributed by atoms with van der Waals surface area (Å²) in [5.74, 6) is 0.265. The summed E-state index contributed by atoms with van der Waals surface area (Å²) in [6, 6.07) is 17.2. The Morgan fingerprint density at radius 1 is 1.11 bits per heavy atom. The minimum atomic E-state index is -0.360. The molecule has 0 aliphatic heterocycles. The molecule has 0 saturated heterocycles. The monoisotopic (exact) mass is 378 g/mol. The number of nitrogens with one attached hydrogen (secondary N) is 2. The first kappa shape index (κ1) is 18.2. The number of nitrogens with zero attached hydrogens (tertiary/aromatic N) is 2. The molecule has 0 fully saturated rings. The molecule has 2 N–H and O–H groups in total. The van der Waals surface area contributed by atoms with Gasteiger partial charge in [0.2, 0.25) is 0 Å². The van der Waals surface area contributed by atoms with Crippen molar-refractivity contribution in [2.75, 3.05) is 17.7 Å². The van der Waals surface area contributed by atoms with E-state index < -0.39 is 0 Å². The van der Waals surface area contributed by atoms with Crippen LogP contribution in [0.2, 0.25) is 5.02 Å². The number of nitriles is 1. The van der Waals surface area contributed by atoms with Crippen molar-refractivity contribution >= 4 is 34.6 Å². The molecule has 3 aromatic rings. The quantitative estimate of drug-likeness (QED) is 0.676. The third-order valence-electron chi connectivity index (χ3n) is 3.70. The number of rotatable bonds is 5. The van der Waals surface area contributed by atoms with Gasteiger partial charge in [0.25, 0.3) is 5.91 Å². The molecule has 2 aromatic carbocycles. The van der Waals surface area contributed by atoms with E-state index in [0.29, 0.717) is 33.4 Å². The van der Waals surface area contributed by atoms with Gasteiger partial charge in [-0.25, -0.2) is 0 Å². The van der Waals surface area contributed by atoms with Gasteiger partial charge in [-0.05, 0) is 54.6 Å². The number of carbonyl (C=O) groups is 1. The molecule has 0 atom stereocenters. The van der Waals surface area contributed by atoms with Crippen LogP contribution in [-0.4, -0.2) is 18.0 Å². The van der Waals surface area contributed by atoms with E-state index in [1.54, 1.807) is 61.7 Å². The van der Waals surface area contributed by atoms with Crippen LogP contribution in [0.1, 0.15) is 16.1 Å². The van der Waals surface area contributed by atoms with E-state index in [1.807, 2.05) is 6.07 Å². The van der Waals surface area contributed by atoms with Gasteiger partial charge in [-0.1, -0.05) is 11.6 Å². The number of hydrogen-bond donors (Lipinski definition) is 2.